The molecule has 1 unspecified atom stereocenters. The van der Waals surface area contributed by atoms with E-state index in [1.165, 1.54) is 0 Å². The van der Waals surface area contributed by atoms with Crippen LogP contribution in [0, 0.1) is 5.92 Å². The predicted octanol–water partition coefficient (Wildman–Crippen LogP) is 2.16. The summed E-state index contributed by atoms with van der Waals surface area (Å²) >= 11 is 0. The number of aromatic nitrogens is 1. The molecule has 0 saturated carbocycles. The topological polar surface area (TPSA) is 67.3 Å². The van der Waals surface area contributed by atoms with E-state index in [1.54, 1.807) is 17.3 Å². The summed E-state index contributed by atoms with van der Waals surface area (Å²) in [7, 11) is 1.68. The molecular weight excluding hydrogens is 312 g/mol. The minimum atomic E-state index is -3.60. The Morgan fingerprint density at radius 2 is 2.14 bits per heavy atom. The summed E-state index contributed by atoms with van der Waals surface area (Å²) < 4.78 is 22.4. The van der Waals surface area contributed by atoms with Crippen LogP contribution in [0.25, 0.3) is 10.8 Å². The maximum absolute atomic E-state index is 12.2. The largest absolute Gasteiger partial charge is 0.311 e. The van der Waals surface area contributed by atoms with E-state index >= 15 is 0 Å². The normalized spacial score (nSPS) is 19.4. The van der Waals surface area contributed by atoms with Crippen LogP contribution in [0.2, 0.25) is 0 Å². The van der Waals surface area contributed by atoms with Crippen LogP contribution in [0.4, 0.5) is 5.69 Å². The maximum atomic E-state index is 12.2. The Labute approximate surface area is 127 Å². The summed E-state index contributed by atoms with van der Waals surface area (Å²) in [6, 6.07) is 7.54. The minimum Gasteiger partial charge on any atom is -0.311 e. The second-order valence-electron chi connectivity index (χ2n) is 5.15. The summed E-state index contributed by atoms with van der Waals surface area (Å²) in [5, 5.41) is 1.87. The highest BCUT2D eigenvalue weighted by molar-refractivity contribution is 8.13. The van der Waals surface area contributed by atoms with Gasteiger partial charge in [0.05, 0.1) is 11.4 Å². The highest BCUT2D eigenvalue weighted by atomic mass is 35.7. The molecular formula is C14H13ClN2O3S. The van der Waals surface area contributed by atoms with E-state index < -0.39 is 9.05 Å². The van der Waals surface area contributed by atoms with E-state index in [1.807, 2.05) is 24.3 Å². The van der Waals surface area contributed by atoms with E-state index in [0.29, 0.717) is 6.54 Å². The molecule has 0 spiro atoms. The summed E-state index contributed by atoms with van der Waals surface area (Å²) in [6.45, 7) is 0.360. The molecule has 5 nitrogen and oxygen atoms in total. The van der Waals surface area contributed by atoms with Crippen molar-refractivity contribution in [1.29, 1.82) is 0 Å². The number of hydrogen-bond donors (Lipinski definition) is 0. The number of carbonyl (C=O) groups excluding carboxylic acids is 1. The van der Waals surface area contributed by atoms with Crippen LogP contribution in [0.1, 0.15) is 6.42 Å². The van der Waals surface area contributed by atoms with Crippen molar-refractivity contribution in [1.82, 2.24) is 4.98 Å². The standard InChI is InChI=1S/C14H13ClN2O3S/c15-21(19,20)9-10-6-14(18)17(8-10)13-3-1-2-11-4-5-16-7-12(11)13/h1-5,7,10H,6,8-9H2. The van der Waals surface area contributed by atoms with E-state index in [-0.39, 0.29) is 24.0 Å². The summed E-state index contributed by atoms with van der Waals surface area (Å²) in [6.07, 6.45) is 3.60. The molecule has 1 aliphatic heterocycles. The molecule has 1 aromatic heterocycles. The first-order valence-electron chi connectivity index (χ1n) is 6.49. The van der Waals surface area contributed by atoms with Crippen molar-refractivity contribution in [2.24, 2.45) is 5.92 Å². The molecule has 110 valence electrons. The van der Waals surface area contributed by atoms with E-state index in [4.69, 9.17) is 10.7 Å². The molecule has 7 heteroatoms. The van der Waals surface area contributed by atoms with Crippen molar-refractivity contribution in [2.45, 2.75) is 6.42 Å². The van der Waals surface area contributed by atoms with Gasteiger partial charge in [-0.1, -0.05) is 12.1 Å². The molecule has 2 aromatic rings. The number of halogens is 1. The molecule has 0 N–H and O–H groups in total. The molecule has 21 heavy (non-hydrogen) atoms. The average molecular weight is 325 g/mol. The molecule has 1 atom stereocenters. The molecule has 1 fully saturated rings. The van der Waals surface area contributed by atoms with Crippen molar-refractivity contribution >= 4 is 42.1 Å². The Morgan fingerprint density at radius 3 is 2.90 bits per heavy atom. The van der Waals surface area contributed by atoms with Crippen molar-refractivity contribution < 1.29 is 13.2 Å². The monoisotopic (exact) mass is 324 g/mol. The fourth-order valence-electron chi connectivity index (χ4n) is 2.74. The van der Waals surface area contributed by atoms with Gasteiger partial charge >= 0.3 is 0 Å². The van der Waals surface area contributed by atoms with Gasteiger partial charge in [0.15, 0.2) is 0 Å². The average Bonchev–Trinajstić information content (AvgIpc) is 2.76. The molecule has 0 radical (unpaired) electrons. The van der Waals surface area contributed by atoms with Gasteiger partial charge in [0, 0.05) is 47.3 Å². The molecule has 3 rings (SSSR count). The van der Waals surface area contributed by atoms with Crippen molar-refractivity contribution in [3.8, 4) is 0 Å². The van der Waals surface area contributed by atoms with Crippen LogP contribution in [0.15, 0.2) is 36.7 Å². The maximum Gasteiger partial charge on any atom is 0.232 e. The van der Waals surface area contributed by atoms with Gasteiger partial charge in [-0.25, -0.2) is 8.42 Å². The molecule has 0 bridgehead atoms. The fraction of sp³-hybridized carbons (Fsp3) is 0.286. The van der Waals surface area contributed by atoms with Crippen molar-refractivity contribution in [2.75, 3.05) is 17.2 Å². The lowest BCUT2D eigenvalue weighted by Gasteiger charge is -2.18. The summed E-state index contributed by atoms with van der Waals surface area (Å²) in [5.41, 5.74) is 0.764. The third kappa shape index (κ3) is 3.01. The first-order chi connectivity index (χ1) is 9.94. The Hall–Kier alpha value is -1.66. The molecule has 1 aromatic carbocycles. The number of nitrogens with zero attached hydrogens (tertiary/aromatic N) is 2. The number of pyridine rings is 1. The van der Waals surface area contributed by atoms with Crippen LogP contribution < -0.4 is 4.90 Å². The second-order valence-corrected chi connectivity index (χ2v) is 7.98. The van der Waals surface area contributed by atoms with Crippen LogP contribution >= 0.6 is 10.7 Å². The Morgan fingerprint density at radius 1 is 1.33 bits per heavy atom. The third-order valence-corrected chi connectivity index (χ3v) is 4.84. The molecule has 1 amide bonds. The fourth-order valence-corrected chi connectivity index (χ4v) is 4.06. The van der Waals surface area contributed by atoms with Crippen molar-refractivity contribution in [3.05, 3.63) is 36.7 Å². The van der Waals surface area contributed by atoms with Crippen LogP contribution in [-0.4, -0.2) is 31.6 Å². The number of rotatable bonds is 3. The van der Waals surface area contributed by atoms with Crippen molar-refractivity contribution in [3.63, 3.8) is 0 Å². The summed E-state index contributed by atoms with van der Waals surface area (Å²) in [5.74, 6) is -0.539. The van der Waals surface area contributed by atoms with E-state index in [0.717, 1.165) is 16.5 Å². The molecule has 1 aliphatic rings. The first kappa shape index (κ1) is 14.3. The highest BCUT2D eigenvalue weighted by Gasteiger charge is 2.33. The third-order valence-electron chi connectivity index (χ3n) is 3.59. The van der Waals surface area contributed by atoms with Gasteiger partial charge in [-0.15, -0.1) is 0 Å². The van der Waals surface area contributed by atoms with Gasteiger partial charge in [0.25, 0.3) is 0 Å². The number of amides is 1. The Kier molecular flexibility index (Phi) is 3.59. The number of hydrogen-bond acceptors (Lipinski definition) is 4. The molecule has 0 aliphatic carbocycles. The highest BCUT2D eigenvalue weighted by Crippen LogP contribution is 2.31. The SMILES string of the molecule is O=C1CC(CS(=O)(=O)Cl)CN1c1cccc2ccncc12. The van der Waals surface area contributed by atoms with Crippen LogP contribution in [-0.2, 0) is 13.8 Å². The van der Waals surface area contributed by atoms with Gasteiger partial charge < -0.3 is 4.90 Å². The summed E-state index contributed by atoms with van der Waals surface area (Å²) in [4.78, 5) is 17.9. The van der Waals surface area contributed by atoms with Gasteiger partial charge in [-0.05, 0) is 17.5 Å². The lowest BCUT2D eigenvalue weighted by molar-refractivity contribution is -0.117. The second kappa shape index (κ2) is 5.27. The predicted molar refractivity (Wildman–Crippen MR) is 81.8 cm³/mol. The zero-order valence-electron chi connectivity index (χ0n) is 11.1. The van der Waals surface area contributed by atoms with Gasteiger partial charge in [0.2, 0.25) is 15.0 Å². The zero-order chi connectivity index (χ0) is 15.0. The lowest BCUT2D eigenvalue weighted by Crippen LogP contribution is -2.25. The zero-order valence-corrected chi connectivity index (χ0v) is 12.6. The van der Waals surface area contributed by atoms with E-state index in [9.17, 15) is 13.2 Å². The van der Waals surface area contributed by atoms with Crippen LogP contribution in [0.5, 0.6) is 0 Å². The molecule has 1 saturated heterocycles. The lowest BCUT2D eigenvalue weighted by atomic mass is 10.1. The van der Waals surface area contributed by atoms with Crippen LogP contribution in [0.3, 0.4) is 0 Å². The number of benzene rings is 1. The number of carbonyl (C=O) groups is 1. The Balaban J connectivity index is 1.95. The van der Waals surface area contributed by atoms with Gasteiger partial charge in [-0.3, -0.25) is 9.78 Å². The van der Waals surface area contributed by atoms with Gasteiger partial charge in [0.1, 0.15) is 0 Å². The smallest absolute Gasteiger partial charge is 0.232 e. The Bertz CT molecular complexity index is 801. The number of anilines is 1. The molecule has 2 heterocycles. The quantitative estimate of drug-likeness (QED) is 0.811. The van der Waals surface area contributed by atoms with Gasteiger partial charge in [-0.2, -0.15) is 0 Å². The first-order valence-corrected chi connectivity index (χ1v) is 8.97. The minimum absolute atomic E-state index is 0.0864. The number of fused-ring (bicyclic) bond motifs is 1. The van der Waals surface area contributed by atoms with E-state index in [2.05, 4.69) is 4.98 Å².